The molecule has 0 atom stereocenters. The quantitative estimate of drug-likeness (QED) is 0.601. The van der Waals surface area contributed by atoms with Crippen molar-refractivity contribution in [1.82, 2.24) is 10.3 Å². The predicted molar refractivity (Wildman–Crippen MR) is 114 cm³/mol. The SMILES string of the molecule is COC(=O)c1ccc(C=CCNC(=O)OCC2c3ccccc3-c3ccccc32)[nH]1. The fourth-order valence-electron chi connectivity index (χ4n) is 3.72. The van der Waals surface area contributed by atoms with Gasteiger partial charge in [0.25, 0.3) is 0 Å². The van der Waals surface area contributed by atoms with Crippen LogP contribution < -0.4 is 5.32 Å². The summed E-state index contributed by atoms with van der Waals surface area (Å²) in [6.45, 7) is 0.589. The van der Waals surface area contributed by atoms with E-state index in [9.17, 15) is 9.59 Å². The van der Waals surface area contributed by atoms with E-state index < -0.39 is 12.1 Å². The van der Waals surface area contributed by atoms with E-state index in [-0.39, 0.29) is 12.5 Å². The van der Waals surface area contributed by atoms with Gasteiger partial charge >= 0.3 is 12.1 Å². The minimum Gasteiger partial charge on any atom is -0.464 e. The second-order valence-electron chi connectivity index (χ2n) is 6.93. The van der Waals surface area contributed by atoms with Gasteiger partial charge in [0.05, 0.1) is 7.11 Å². The molecule has 0 spiro atoms. The van der Waals surface area contributed by atoms with Gasteiger partial charge in [-0.3, -0.25) is 0 Å². The molecule has 0 bridgehead atoms. The molecule has 1 amide bonds. The summed E-state index contributed by atoms with van der Waals surface area (Å²) < 4.78 is 10.1. The molecule has 1 aliphatic carbocycles. The van der Waals surface area contributed by atoms with Crippen molar-refractivity contribution in [2.75, 3.05) is 20.3 Å². The van der Waals surface area contributed by atoms with Crippen LogP contribution >= 0.6 is 0 Å². The van der Waals surface area contributed by atoms with Crippen LogP contribution in [0.25, 0.3) is 17.2 Å². The van der Waals surface area contributed by atoms with E-state index in [1.54, 1.807) is 24.3 Å². The lowest BCUT2D eigenvalue weighted by molar-refractivity contribution is 0.0594. The number of alkyl carbamates (subject to hydrolysis) is 1. The van der Waals surface area contributed by atoms with Crippen molar-refractivity contribution < 1.29 is 19.1 Å². The second-order valence-corrected chi connectivity index (χ2v) is 6.93. The van der Waals surface area contributed by atoms with E-state index in [0.29, 0.717) is 12.2 Å². The topological polar surface area (TPSA) is 80.4 Å². The molecule has 0 saturated heterocycles. The number of fused-ring (bicyclic) bond motifs is 3. The molecule has 6 nitrogen and oxygen atoms in total. The lowest BCUT2D eigenvalue weighted by Gasteiger charge is -2.14. The molecule has 2 N–H and O–H groups in total. The number of nitrogens with one attached hydrogen (secondary N) is 2. The number of amides is 1. The summed E-state index contributed by atoms with van der Waals surface area (Å²) in [5.41, 5.74) is 5.87. The van der Waals surface area contributed by atoms with E-state index >= 15 is 0 Å². The molecule has 0 aliphatic heterocycles. The summed E-state index contributed by atoms with van der Waals surface area (Å²) in [7, 11) is 1.33. The fourth-order valence-corrected chi connectivity index (χ4v) is 3.72. The molecule has 2 aromatic carbocycles. The van der Waals surface area contributed by atoms with E-state index in [4.69, 9.17) is 4.74 Å². The van der Waals surface area contributed by atoms with Crippen molar-refractivity contribution >= 4 is 18.1 Å². The van der Waals surface area contributed by atoms with Gasteiger partial charge in [-0.2, -0.15) is 0 Å². The van der Waals surface area contributed by atoms with Gasteiger partial charge in [0.15, 0.2) is 0 Å². The van der Waals surface area contributed by atoms with Crippen LogP contribution in [-0.2, 0) is 9.47 Å². The Morgan fingerprint density at radius 1 is 1.00 bits per heavy atom. The fraction of sp³-hybridized carbons (Fsp3) is 0.167. The van der Waals surface area contributed by atoms with E-state index in [2.05, 4.69) is 39.3 Å². The smallest absolute Gasteiger partial charge is 0.407 e. The standard InChI is InChI=1S/C24H22N2O4/c1-29-23(27)22-13-12-16(26-22)7-6-14-25-24(28)30-15-21-19-10-4-2-8-17(19)18-9-3-5-11-20(18)21/h2-13,21,26H,14-15H2,1H3,(H,25,28). The van der Waals surface area contributed by atoms with Gasteiger partial charge in [-0.15, -0.1) is 0 Å². The lowest BCUT2D eigenvalue weighted by atomic mass is 9.98. The summed E-state index contributed by atoms with van der Waals surface area (Å²) in [4.78, 5) is 26.5. The van der Waals surface area contributed by atoms with Crippen LogP contribution in [-0.4, -0.2) is 37.3 Å². The summed E-state index contributed by atoms with van der Waals surface area (Å²) in [6.07, 6.45) is 3.08. The van der Waals surface area contributed by atoms with Crippen molar-refractivity contribution in [3.63, 3.8) is 0 Å². The zero-order valence-corrected chi connectivity index (χ0v) is 16.6. The Balaban J connectivity index is 1.30. The largest absolute Gasteiger partial charge is 0.464 e. The van der Waals surface area contributed by atoms with Gasteiger partial charge in [0.1, 0.15) is 12.3 Å². The van der Waals surface area contributed by atoms with Crippen molar-refractivity contribution in [3.05, 3.63) is 89.3 Å². The highest BCUT2D eigenvalue weighted by Gasteiger charge is 2.28. The Kier molecular flexibility index (Phi) is 5.66. The summed E-state index contributed by atoms with van der Waals surface area (Å²) in [6, 6.07) is 19.8. The Morgan fingerprint density at radius 2 is 1.67 bits per heavy atom. The van der Waals surface area contributed by atoms with E-state index in [1.807, 2.05) is 24.3 Å². The van der Waals surface area contributed by atoms with Gasteiger partial charge in [-0.1, -0.05) is 54.6 Å². The summed E-state index contributed by atoms with van der Waals surface area (Å²) in [5.74, 6) is -0.388. The number of hydrogen-bond donors (Lipinski definition) is 2. The second kappa shape index (κ2) is 8.69. The third-order valence-electron chi connectivity index (χ3n) is 5.12. The molecule has 0 unspecified atom stereocenters. The number of carbonyl (C=O) groups is 2. The van der Waals surface area contributed by atoms with Crippen LogP contribution in [0.1, 0.15) is 33.2 Å². The van der Waals surface area contributed by atoms with Gasteiger partial charge < -0.3 is 19.8 Å². The first-order chi connectivity index (χ1) is 14.7. The van der Waals surface area contributed by atoms with E-state index in [0.717, 1.165) is 5.69 Å². The van der Waals surface area contributed by atoms with Crippen molar-refractivity contribution in [1.29, 1.82) is 0 Å². The molecule has 0 radical (unpaired) electrons. The molecule has 0 fully saturated rings. The monoisotopic (exact) mass is 402 g/mol. The normalized spacial score (nSPS) is 12.4. The zero-order chi connectivity index (χ0) is 20.9. The number of methoxy groups -OCH3 is 1. The predicted octanol–water partition coefficient (Wildman–Crippen LogP) is 4.35. The third-order valence-corrected chi connectivity index (χ3v) is 5.12. The molecule has 0 saturated carbocycles. The molecule has 152 valence electrons. The van der Waals surface area contributed by atoms with Gasteiger partial charge in [0, 0.05) is 18.2 Å². The van der Waals surface area contributed by atoms with Crippen LogP contribution in [0.4, 0.5) is 4.79 Å². The van der Waals surface area contributed by atoms with Crippen LogP contribution in [0, 0.1) is 0 Å². The van der Waals surface area contributed by atoms with Crippen LogP contribution in [0.2, 0.25) is 0 Å². The Morgan fingerprint density at radius 3 is 2.33 bits per heavy atom. The summed E-state index contributed by atoms with van der Waals surface area (Å²) >= 11 is 0. The number of H-pyrrole nitrogens is 1. The summed E-state index contributed by atoms with van der Waals surface area (Å²) in [5, 5.41) is 2.71. The molecular formula is C24H22N2O4. The van der Waals surface area contributed by atoms with Gasteiger partial charge in [-0.25, -0.2) is 9.59 Å². The molecule has 4 rings (SSSR count). The molecule has 1 aliphatic rings. The number of aromatic amines is 1. The molecule has 3 aromatic rings. The van der Waals surface area contributed by atoms with Crippen LogP contribution in [0.3, 0.4) is 0 Å². The number of ether oxygens (including phenoxy) is 2. The van der Waals surface area contributed by atoms with E-state index in [1.165, 1.54) is 29.4 Å². The first-order valence-corrected chi connectivity index (χ1v) is 9.70. The van der Waals surface area contributed by atoms with Crippen molar-refractivity contribution in [2.45, 2.75) is 5.92 Å². The highest BCUT2D eigenvalue weighted by molar-refractivity contribution is 5.87. The average molecular weight is 402 g/mol. The van der Waals surface area contributed by atoms with Crippen molar-refractivity contribution in [2.24, 2.45) is 0 Å². The number of hydrogen-bond acceptors (Lipinski definition) is 4. The maximum absolute atomic E-state index is 12.1. The van der Waals surface area contributed by atoms with Crippen LogP contribution in [0.15, 0.2) is 66.7 Å². The first-order valence-electron chi connectivity index (χ1n) is 9.70. The van der Waals surface area contributed by atoms with Gasteiger partial charge in [0.2, 0.25) is 0 Å². The minimum atomic E-state index is -0.469. The number of esters is 1. The number of benzene rings is 2. The first kappa shape index (κ1) is 19.5. The molecule has 1 heterocycles. The lowest BCUT2D eigenvalue weighted by Crippen LogP contribution is -2.26. The van der Waals surface area contributed by atoms with Crippen LogP contribution in [0.5, 0.6) is 0 Å². The molecular weight excluding hydrogens is 380 g/mol. The highest BCUT2D eigenvalue weighted by Crippen LogP contribution is 2.44. The third kappa shape index (κ3) is 3.98. The highest BCUT2D eigenvalue weighted by atomic mass is 16.5. The Bertz CT molecular complexity index is 1050. The molecule has 1 aromatic heterocycles. The van der Waals surface area contributed by atoms with Crippen molar-refractivity contribution in [3.8, 4) is 11.1 Å². The number of rotatable bonds is 6. The maximum atomic E-state index is 12.1. The average Bonchev–Trinajstić information content (AvgIpc) is 3.38. The Hall–Kier alpha value is -3.80. The maximum Gasteiger partial charge on any atom is 0.407 e. The Labute approximate surface area is 174 Å². The molecule has 30 heavy (non-hydrogen) atoms. The number of aromatic nitrogens is 1. The number of carbonyl (C=O) groups excluding carboxylic acids is 2. The van der Waals surface area contributed by atoms with Gasteiger partial charge in [-0.05, 0) is 40.5 Å². The molecule has 6 heteroatoms. The minimum absolute atomic E-state index is 0.0364. The zero-order valence-electron chi connectivity index (χ0n) is 16.6.